The molecule has 0 saturated carbocycles. The van der Waals surface area contributed by atoms with Crippen LogP contribution >= 0.6 is 0 Å². The first-order valence-corrected chi connectivity index (χ1v) is 5.31. The van der Waals surface area contributed by atoms with E-state index in [2.05, 4.69) is 13.0 Å². The maximum absolute atomic E-state index is 10.5. The summed E-state index contributed by atoms with van der Waals surface area (Å²) in [6, 6.07) is 7.91. The Morgan fingerprint density at radius 2 is 2.20 bits per heavy atom. The molecule has 0 atom stereocenters. The number of carbonyl (C=O) groups excluding carboxylic acids is 1. The highest BCUT2D eigenvalue weighted by Gasteiger charge is 2.03. The molecule has 0 saturated heterocycles. The number of furan rings is 1. The summed E-state index contributed by atoms with van der Waals surface area (Å²) in [5, 5.41) is 0.998. The molecule has 1 heterocycles. The average molecular weight is 202 g/mol. The van der Waals surface area contributed by atoms with Gasteiger partial charge in [-0.3, -0.25) is 4.79 Å². The summed E-state index contributed by atoms with van der Waals surface area (Å²) in [5.41, 5.74) is 2.09. The number of hydrogen-bond donors (Lipinski definition) is 0. The topological polar surface area (TPSA) is 30.2 Å². The van der Waals surface area contributed by atoms with Crippen molar-refractivity contribution in [1.29, 1.82) is 0 Å². The second kappa shape index (κ2) is 4.30. The smallest absolute Gasteiger partial charge is 0.185 e. The molecule has 0 N–H and O–H groups in total. The summed E-state index contributed by atoms with van der Waals surface area (Å²) in [5.74, 6) is 0.401. The Labute approximate surface area is 88.9 Å². The van der Waals surface area contributed by atoms with Crippen LogP contribution in [0.1, 0.15) is 35.9 Å². The molecule has 2 nitrogen and oxygen atoms in total. The highest BCUT2D eigenvalue weighted by atomic mass is 16.3. The molecular weight excluding hydrogens is 188 g/mol. The molecule has 0 fully saturated rings. The van der Waals surface area contributed by atoms with E-state index >= 15 is 0 Å². The van der Waals surface area contributed by atoms with Crippen molar-refractivity contribution in [3.05, 3.63) is 35.6 Å². The van der Waals surface area contributed by atoms with Gasteiger partial charge in [0.05, 0.1) is 0 Å². The molecule has 0 spiro atoms. The van der Waals surface area contributed by atoms with Crippen LogP contribution in [0.4, 0.5) is 0 Å². The summed E-state index contributed by atoms with van der Waals surface area (Å²) in [6.45, 7) is 2.18. The van der Waals surface area contributed by atoms with Crippen molar-refractivity contribution in [2.45, 2.75) is 26.2 Å². The third-order valence-electron chi connectivity index (χ3n) is 2.54. The minimum atomic E-state index is 0.401. The van der Waals surface area contributed by atoms with Gasteiger partial charge in [0.1, 0.15) is 5.58 Å². The van der Waals surface area contributed by atoms with E-state index < -0.39 is 0 Å². The van der Waals surface area contributed by atoms with E-state index in [0.717, 1.165) is 23.7 Å². The first-order valence-electron chi connectivity index (χ1n) is 5.31. The van der Waals surface area contributed by atoms with Crippen molar-refractivity contribution < 1.29 is 9.21 Å². The third-order valence-corrected chi connectivity index (χ3v) is 2.54. The Kier molecular flexibility index (Phi) is 2.86. The van der Waals surface area contributed by atoms with Crippen LogP contribution < -0.4 is 0 Å². The zero-order chi connectivity index (χ0) is 10.7. The van der Waals surface area contributed by atoms with Gasteiger partial charge in [-0.1, -0.05) is 25.5 Å². The highest BCUT2D eigenvalue weighted by molar-refractivity contribution is 5.85. The lowest BCUT2D eigenvalue weighted by Crippen LogP contribution is -1.82. The van der Waals surface area contributed by atoms with E-state index in [4.69, 9.17) is 4.42 Å². The molecule has 0 aliphatic heterocycles. The summed E-state index contributed by atoms with van der Waals surface area (Å²) in [4.78, 5) is 10.5. The molecule has 2 aromatic rings. The number of aryl methyl sites for hydroxylation is 1. The van der Waals surface area contributed by atoms with Crippen LogP contribution in [0.25, 0.3) is 11.0 Å². The van der Waals surface area contributed by atoms with Crippen molar-refractivity contribution in [3.63, 3.8) is 0 Å². The average Bonchev–Trinajstić information content (AvgIpc) is 2.68. The van der Waals surface area contributed by atoms with E-state index in [1.54, 1.807) is 6.07 Å². The molecule has 78 valence electrons. The van der Waals surface area contributed by atoms with Crippen molar-refractivity contribution >= 4 is 17.3 Å². The van der Waals surface area contributed by atoms with Gasteiger partial charge in [-0.05, 0) is 30.5 Å². The van der Waals surface area contributed by atoms with Gasteiger partial charge < -0.3 is 4.42 Å². The molecule has 2 rings (SSSR count). The number of hydrogen-bond acceptors (Lipinski definition) is 2. The highest BCUT2D eigenvalue weighted by Crippen LogP contribution is 2.20. The molecule has 1 aromatic carbocycles. The van der Waals surface area contributed by atoms with E-state index in [9.17, 15) is 4.79 Å². The van der Waals surface area contributed by atoms with Crippen LogP contribution in [-0.2, 0) is 6.42 Å². The molecule has 0 aliphatic carbocycles. The van der Waals surface area contributed by atoms with Crippen molar-refractivity contribution in [3.8, 4) is 0 Å². The standard InChI is InChI=1S/C13H14O2/c1-2-3-4-10-5-6-11-8-12(9-14)15-13(11)7-10/h5-9H,2-4H2,1H3. The minimum absolute atomic E-state index is 0.401. The zero-order valence-electron chi connectivity index (χ0n) is 8.82. The quantitative estimate of drug-likeness (QED) is 0.709. The third kappa shape index (κ3) is 2.09. The number of aldehydes is 1. The Balaban J connectivity index is 2.33. The van der Waals surface area contributed by atoms with E-state index in [1.165, 1.54) is 18.4 Å². The van der Waals surface area contributed by atoms with Gasteiger partial charge in [0, 0.05) is 5.39 Å². The van der Waals surface area contributed by atoms with Crippen LogP contribution in [0.5, 0.6) is 0 Å². The number of fused-ring (bicyclic) bond motifs is 1. The van der Waals surface area contributed by atoms with Gasteiger partial charge in [-0.25, -0.2) is 0 Å². The van der Waals surface area contributed by atoms with Crippen molar-refractivity contribution in [2.24, 2.45) is 0 Å². The molecule has 0 unspecified atom stereocenters. The number of unbranched alkanes of at least 4 members (excludes halogenated alkanes) is 1. The largest absolute Gasteiger partial charge is 0.453 e. The Morgan fingerprint density at radius 1 is 1.33 bits per heavy atom. The van der Waals surface area contributed by atoms with Gasteiger partial charge in [0.15, 0.2) is 12.0 Å². The van der Waals surface area contributed by atoms with Crippen LogP contribution in [0.15, 0.2) is 28.7 Å². The minimum Gasteiger partial charge on any atom is -0.453 e. The molecule has 1 aromatic heterocycles. The second-order valence-corrected chi connectivity index (χ2v) is 3.74. The predicted octanol–water partition coefficient (Wildman–Crippen LogP) is 3.59. The van der Waals surface area contributed by atoms with Gasteiger partial charge >= 0.3 is 0 Å². The number of benzene rings is 1. The fraction of sp³-hybridized carbons (Fsp3) is 0.308. The van der Waals surface area contributed by atoms with E-state index in [0.29, 0.717) is 5.76 Å². The van der Waals surface area contributed by atoms with Crippen molar-refractivity contribution in [1.82, 2.24) is 0 Å². The maximum atomic E-state index is 10.5. The van der Waals surface area contributed by atoms with Gasteiger partial charge in [-0.15, -0.1) is 0 Å². The molecule has 0 bridgehead atoms. The van der Waals surface area contributed by atoms with Crippen molar-refractivity contribution in [2.75, 3.05) is 0 Å². The lowest BCUT2D eigenvalue weighted by atomic mass is 10.1. The molecular formula is C13H14O2. The molecule has 0 amide bonds. The fourth-order valence-electron chi connectivity index (χ4n) is 1.69. The SMILES string of the molecule is CCCCc1ccc2cc(C=O)oc2c1. The Bertz CT molecular complexity index is 468. The summed E-state index contributed by atoms with van der Waals surface area (Å²) < 4.78 is 5.37. The van der Waals surface area contributed by atoms with Gasteiger partial charge in [-0.2, -0.15) is 0 Å². The lowest BCUT2D eigenvalue weighted by Gasteiger charge is -1.98. The summed E-state index contributed by atoms with van der Waals surface area (Å²) in [6.07, 6.45) is 4.19. The maximum Gasteiger partial charge on any atom is 0.185 e. The first kappa shape index (κ1) is 9.97. The molecule has 0 radical (unpaired) electrons. The van der Waals surface area contributed by atoms with Crippen LogP contribution in [0, 0.1) is 0 Å². The second-order valence-electron chi connectivity index (χ2n) is 3.74. The molecule has 2 heteroatoms. The van der Waals surface area contributed by atoms with Gasteiger partial charge in [0.2, 0.25) is 0 Å². The lowest BCUT2D eigenvalue weighted by molar-refractivity contribution is 0.110. The zero-order valence-corrected chi connectivity index (χ0v) is 8.82. The number of carbonyl (C=O) groups is 1. The fourth-order valence-corrected chi connectivity index (χ4v) is 1.69. The van der Waals surface area contributed by atoms with E-state index in [1.807, 2.05) is 12.1 Å². The predicted molar refractivity (Wildman–Crippen MR) is 60.2 cm³/mol. The summed E-state index contributed by atoms with van der Waals surface area (Å²) in [7, 11) is 0. The Hall–Kier alpha value is -1.57. The summed E-state index contributed by atoms with van der Waals surface area (Å²) >= 11 is 0. The van der Waals surface area contributed by atoms with Gasteiger partial charge in [0.25, 0.3) is 0 Å². The van der Waals surface area contributed by atoms with Crippen LogP contribution in [0.3, 0.4) is 0 Å². The van der Waals surface area contributed by atoms with Crippen LogP contribution in [0.2, 0.25) is 0 Å². The van der Waals surface area contributed by atoms with E-state index in [-0.39, 0.29) is 0 Å². The Morgan fingerprint density at radius 3 is 2.93 bits per heavy atom. The molecule has 15 heavy (non-hydrogen) atoms. The van der Waals surface area contributed by atoms with Crippen LogP contribution in [-0.4, -0.2) is 6.29 Å². The normalized spacial score (nSPS) is 10.7. The first-order chi connectivity index (χ1) is 7.33. The monoisotopic (exact) mass is 202 g/mol. The molecule has 0 aliphatic rings. The number of rotatable bonds is 4.